The lowest BCUT2D eigenvalue weighted by Gasteiger charge is -2.03. The van der Waals surface area contributed by atoms with E-state index in [0.717, 1.165) is 9.35 Å². The molecule has 0 atom stereocenters. The Balaban J connectivity index is 2.36. The summed E-state index contributed by atoms with van der Waals surface area (Å²) in [6.07, 6.45) is 1.39. The molecule has 3 nitrogen and oxygen atoms in total. The highest BCUT2D eigenvalue weighted by molar-refractivity contribution is 9.10. The smallest absolute Gasteiger partial charge is 0.274 e. The lowest BCUT2D eigenvalue weighted by molar-refractivity contribution is 0.745. The van der Waals surface area contributed by atoms with E-state index in [-0.39, 0.29) is 15.7 Å². The third-order valence-electron chi connectivity index (χ3n) is 1.89. The van der Waals surface area contributed by atoms with Gasteiger partial charge < -0.3 is 0 Å². The second-order valence-electron chi connectivity index (χ2n) is 3.01. The molecule has 0 aliphatic rings. The zero-order valence-electron chi connectivity index (χ0n) is 7.78. The quantitative estimate of drug-likeness (QED) is 0.786. The van der Waals surface area contributed by atoms with Crippen molar-refractivity contribution < 1.29 is 0 Å². The summed E-state index contributed by atoms with van der Waals surface area (Å²) in [5.41, 5.74) is -0.328. The Labute approximate surface area is 114 Å². The van der Waals surface area contributed by atoms with Crippen LogP contribution in [0.2, 0.25) is 10.2 Å². The van der Waals surface area contributed by atoms with Crippen molar-refractivity contribution in [2.75, 3.05) is 0 Å². The molecule has 0 aliphatic carbocycles. The summed E-state index contributed by atoms with van der Waals surface area (Å²) in [4.78, 5) is 16.6. The number of rotatable bonds is 2. The minimum Gasteiger partial charge on any atom is -0.293 e. The largest absolute Gasteiger partial charge is 0.293 e. The van der Waals surface area contributed by atoms with E-state index in [2.05, 4.69) is 20.9 Å². The summed E-state index contributed by atoms with van der Waals surface area (Å²) >= 11 is 16.3. The van der Waals surface area contributed by atoms with Gasteiger partial charge in [-0.3, -0.25) is 9.36 Å². The van der Waals surface area contributed by atoms with Crippen LogP contribution in [-0.4, -0.2) is 9.55 Å². The second-order valence-corrected chi connectivity index (χ2v) is 5.66. The van der Waals surface area contributed by atoms with E-state index in [4.69, 9.17) is 23.2 Å². The monoisotopic (exact) mass is 338 g/mol. The number of aromatic nitrogens is 2. The van der Waals surface area contributed by atoms with Crippen LogP contribution in [0.15, 0.2) is 27.0 Å². The Kier molecular flexibility index (Phi) is 3.69. The molecule has 0 amide bonds. The topological polar surface area (TPSA) is 34.9 Å². The molecule has 0 aromatic carbocycles. The molecule has 2 aromatic heterocycles. The van der Waals surface area contributed by atoms with E-state index >= 15 is 0 Å². The van der Waals surface area contributed by atoms with Crippen molar-refractivity contribution in [3.05, 3.63) is 47.7 Å². The molecule has 2 rings (SSSR count). The van der Waals surface area contributed by atoms with Crippen LogP contribution < -0.4 is 5.56 Å². The lowest BCUT2D eigenvalue weighted by atomic mass is 10.4. The van der Waals surface area contributed by atoms with Crippen LogP contribution in [0.25, 0.3) is 0 Å². The maximum Gasteiger partial charge on any atom is 0.274 e. The van der Waals surface area contributed by atoms with Gasteiger partial charge in [0.25, 0.3) is 5.56 Å². The zero-order chi connectivity index (χ0) is 11.7. The molecule has 2 aromatic rings. The minimum absolute atomic E-state index is 0.0373. The van der Waals surface area contributed by atoms with Gasteiger partial charge in [-0.1, -0.05) is 23.2 Å². The van der Waals surface area contributed by atoms with Crippen LogP contribution in [0, 0.1) is 0 Å². The van der Waals surface area contributed by atoms with Crippen LogP contribution in [0.3, 0.4) is 0 Å². The van der Waals surface area contributed by atoms with Crippen LogP contribution in [-0.2, 0) is 6.54 Å². The van der Waals surface area contributed by atoms with Crippen molar-refractivity contribution in [2.24, 2.45) is 0 Å². The molecule has 0 saturated carbocycles. The van der Waals surface area contributed by atoms with Crippen LogP contribution >= 0.6 is 50.5 Å². The summed E-state index contributed by atoms with van der Waals surface area (Å²) in [7, 11) is 0. The molecule has 0 saturated heterocycles. The van der Waals surface area contributed by atoms with Gasteiger partial charge in [0.15, 0.2) is 5.15 Å². The number of hydrogen-bond acceptors (Lipinski definition) is 3. The molecule has 0 unspecified atom stereocenters. The van der Waals surface area contributed by atoms with Crippen molar-refractivity contribution in [2.45, 2.75) is 6.54 Å². The van der Waals surface area contributed by atoms with Crippen LogP contribution in [0.1, 0.15) is 4.88 Å². The molecular formula is C9H5BrCl2N2OS. The summed E-state index contributed by atoms with van der Waals surface area (Å²) in [5.74, 6) is 0. The number of nitrogens with zero attached hydrogens (tertiary/aromatic N) is 2. The fourth-order valence-electron chi connectivity index (χ4n) is 1.16. The minimum atomic E-state index is -0.328. The predicted octanol–water partition coefficient (Wildman–Crippen LogP) is 3.42. The van der Waals surface area contributed by atoms with Crippen molar-refractivity contribution in [1.82, 2.24) is 9.55 Å². The van der Waals surface area contributed by atoms with Crippen LogP contribution in [0.4, 0.5) is 0 Å². The maximum absolute atomic E-state index is 11.7. The first kappa shape index (κ1) is 12.1. The van der Waals surface area contributed by atoms with Gasteiger partial charge in [0.2, 0.25) is 0 Å². The van der Waals surface area contributed by atoms with E-state index in [1.54, 1.807) is 11.3 Å². The molecular weight excluding hydrogens is 335 g/mol. The van der Waals surface area contributed by atoms with E-state index < -0.39 is 0 Å². The van der Waals surface area contributed by atoms with Gasteiger partial charge in [-0.05, 0) is 22.0 Å². The fourth-order valence-corrected chi connectivity index (χ4v) is 2.89. The molecule has 84 valence electrons. The average molecular weight is 340 g/mol. The van der Waals surface area contributed by atoms with Gasteiger partial charge in [-0.15, -0.1) is 11.3 Å². The number of halogens is 3. The first-order chi connectivity index (χ1) is 7.58. The van der Waals surface area contributed by atoms with E-state index in [0.29, 0.717) is 6.54 Å². The molecule has 2 heterocycles. The van der Waals surface area contributed by atoms with E-state index in [1.165, 1.54) is 10.9 Å². The highest BCUT2D eigenvalue weighted by atomic mass is 79.9. The molecule has 0 aliphatic heterocycles. The van der Waals surface area contributed by atoms with Crippen molar-refractivity contribution in [3.8, 4) is 0 Å². The third-order valence-corrected chi connectivity index (χ3v) is 4.29. The Morgan fingerprint density at radius 2 is 2.25 bits per heavy atom. The molecule has 0 N–H and O–H groups in total. The van der Waals surface area contributed by atoms with Crippen molar-refractivity contribution in [1.29, 1.82) is 0 Å². The van der Waals surface area contributed by atoms with Crippen LogP contribution in [0.5, 0.6) is 0 Å². The van der Waals surface area contributed by atoms with Crippen molar-refractivity contribution in [3.63, 3.8) is 0 Å². The van der Waals surface area contributed by atoms with E-state index in [1.807, 2.05) is 11.4 Å². The SMILES string of the molecule is O=c1c(Cl)c(Cl)ncn1Cc1cc(Br)cs1. The molecule has 7 heteroatoms. The first-order valence-corrected chi connectivity index (χ1v) is 6.64. The van der Waals surface area contributed by atoms with Gasteiger partial charge in [-0.25, -0.2) is 4.98 Å². The lowest BCUT2D eigenvalue weighted by Crippen LogP contribution is -2.21. The number of thiophene rings is 1. The van der Waals surface area contributed by atoms with Crippen molar-refractivity contribution >= 4 is 50.5 Å². The summed E-state index contributed by atoms with van der Waals surface area (Å²) in [6.45, 7) is 0.443. The second kappa shape index (κ2) is 4.87. The molecule has 16 heavy (non-hydrogen) atoms. The Hall–Kier alpha value is -0.360. The Bertz CT molecular complexity index is 581. The summed E-state index contributed by atoms with van der Waals surface area (Å²) in [5, 5.41) is 1.95. The highest BCUT2D eigenvalue weighted by Gasteiger charge is 2.08. The van der Waals surface area contributed by atoms with Gasteiger partial charge in [0, 0.05) is 14.7 Å². The van der Waals surface area contributed by atoms with Gasteiger partial charge in [0.05, 0.1) is 12.9 Å². The molecule has 0 radical (unpaired) electrons. The summed E-state index contributed by atoms with van der Waals surface area (Å²) < 4.78 is 2.42. The third kappa shape index (κ3) is 2.48. The van der Waals surface area contributed by atoms with Gasteiger partial charge >= 0.3 is 0 Å². The van der Waals surface area contributed by atoms with Gasteiger partial charge in [0.1, 0.15) is 5.02 Å². The number of hydrogen-bond donors (Lipinski definition) is 0. The highest BCUT2D eigenvalue weighted by Crippen LogP contribution is 2.20. The van der Waals surface area contributed by atoms with Gasteiger partial charge in [-0.2, -0.15) is 0 Å². The molecule has 0 spiro atoms. The summed E-state index contributed by atoms with van der Waals surface area (Å²) in [6, 6.07) is 1.94. The molecule has 0 fully saturated rings. The molecule has 0 bridgehead atoms. The maximum atomic E-state index is 11.7. The normalized spacial score (nSPS) is 10.7. The standard InChI is InChI=1S/C9H5BrCl2N2OS/c10-5-1-6(16-3-5)2-14-4-13-8(12)7(11)9(14)15/h1,3-4H,2H2. The predicted molar refractivity (Wildman–Crippen MR) is 69.6 cm³/mol. The zero-order valence-corrected chi connectivity index (χ0v) is 11.7. The average Bonchev–Trinajstić information content (AvgIpc) is 2.65. The fraction of sp³-hybridized carbons (Fsp3) is 0.111. The Morgan fingerprint density at radius 1 is 1.50 bits per heavy atom. The first-order valence-electron chi connectivity index (χ1n) is 4.21. The van der Waals surface area contributed by atoms with E-state index in [9.17, 15) is 4.79 Å². The Morgan fingerprint density at radius 3 is 2.88 bits per heavy atom.